The van der Waals surface area contributed by atoms with Crippen molar-refractivity contribution < 1.29 is 4.79 Å². The molecular weight excluding hydrogens is 488 g/mol. The van der Waals surface area contributed by atoms with Gasteiger partial charge in [-0.3, -0.25) is 4.79 Å². The SMILES string of the molecule is CC1(C)CC(=O)C2=C(C1)c1c(ccc3ccccc13)N[C@@H]2c1cn(Cc2ccc(Cl)cc2)c2ccccc12. The number of fused-ring (bicyclic) bond motifs is 5. The number of aromatic nitrogens is 1. The van der Waals surface area contributed by atoms with Crippen LogP contribution in [-0.4, -0.2) is 10.4 Å². The van der Waals surface area contributed by atoms with Crippen LogP contribution >= 0.6 is 11.6 Å². The fourth-order valence-electron chi connectivity index (χ4n) is 6.49. The summed E-state index contributed by atoms with van der Waals surface area (Å²) >= 11 is 6.14. The molecule has 0 saturated heterocycles. The predicted octanol–water partition coefficient (Wildman–Crippen LogP) is 8.81. The van der Waals surface area contributed by atoms with Crippen molar-refractivity contribution >= 4 is 50.3 Å². The Kier molecular flexibility index (Phi) is 5.28. The van der Waals surface area contributed by atoms with E-state index in [0.717, 1.165) is 40.3 Å². The monoisotopic (exact) mass is 516 g/mol. The molecule has 4 aromatic carbocycles. The van der Waals surface area contributed by atoms with Crippen LogP contribution in [0.1, 0.15) is 49.4 Å². The second-order valence-corrected chi connectivity index (χ2v) is 11.9. The van der Waals surface area contributed by atoms with E-state index in [1.807, 2.05) is 12.1 Å². The summed E-state index contributed by atoms with van der Waals surface area (Å²) in [5, 5.41) is 8.15. The zero-order valence-corrected chi connectivity index (χ0v) is 22.3. The van der Waals surface area contributed by atoms with E-state index in [1.54, 1.807) is 0 Å². The molecule has 0 bridgehead atoms. The molecule has 0 spiro atoms. The number of carbonyl (C=O) groups is 1. The Labute approximate surface area is 227 Å². The van der Waals surface area contributed by atoms with Crippen LogP contribution < -0.4 is 5.32 Å². The third kappa shape index (κ3) is 3.76. The van der Waals surface area contributed by atoms with E-state index in [9.17, 15) is 4.79 Å². The molecular formula is C34H29ClN2O. The number of hydrogen-bond donors (Lipinski definition) is 1. The van der Waals surface area contributed by atoms with E-state index < -0.39 is 0 Å². The van der Waals surface area contributed by atoms with Crippen molar-refractivity contribution in [1.29, 1.82) is 0 Å². The normalized spacial score (nSPS) is 18.4. The number of benzene rings is 4. The van der Waals surface area contributed by atoms with Crippen molar-refractivity contribution in [1.82, 2.24) is 4.57 Å². The summed E-state index contributed by atoms with van der Waals surface area (Å²) in [4.78, 5) is 13.9. The number of carbonyl (C=O) groups excluding carboxylic acids is 1. The van der Waals surface area contributed by atoms with Gasteiger partial charge in [0, 0.05) is 57.5 Å². The van der Waals surface area contributed by atoms with Gasteiger partial charge in [0.25, 0.3) is 0 Å². The molecule has 4 heteroatoms. The number of Topliss-reactive ketones (excluding diaryl/α,β-unsaturated/α-hetero) is 1. The molecule has 3 nitrogen and oxygen atoms in total. The van der Waals surface area contributed by atoms with Crippen LogP contribution in [0.3, 0.4) is 0 Å². The second kappa shape index (κ2) is 8.61. The summed E-state index contributed by atoms with van der Waals surface area (Å²) in [7, 11) is 0. The molecule has 5 aromatic rings. The molecule has 0 fully saturated rings. The van der Waals surface area contributed by atoms with Gasteiger partial charge in [-0.05, 0) is 58.0 Å². The van der Waals surface area contributed by atoms with Crippen LogP contribution in [-0.2, 0) is 11.3 Å². The van der Waals surface area contributed by atoms with Gasteiger partial charge in [-0.15, -0.1) is 0 Å². The summed E-state index contributed by atoms with van der Waals surface area (Å²) in [6, 6.07) is 29.2. The third-order valence-corrected chi connectivity index (χ3v) is 8.39. The molecule has 188 valence electrons. The first kappa shape index (κ1) is 23.3. The van der Waals surface area contributed by atoms with Crippen LogP contribution in [0.25, 0.3) is 27.2 Å². The van der Waals surface area contributed by atoms with Gasteiger partial charge in [0.1, 0.15) is 0 Å². The molecule has 1 aliphatic carbocycles. The van der Waals surface area contributed by atoms with Gasteiger partial charge in [-0.25, -0.2) is 0 Å². The van der Waals surface area contributed by atoms with Crippen LogP contribution in [0.15, 0.2) is 96.7 Å². The average Bonchev–Trinajstić information content (AvgIpc) is 3.26. The van der Waals surface area contributed by atoms with Gasteiger partial charge in [-0.2, -0.15) is 0 Å². The Morgan fingerprint density at radius 2 is 1.63 bits per heavy atom. The second-order valence-electron chi connectivity index (χ2n) is 11.5. The zero-order chi connectivity index (χ0) is 26.0. The minimum absolute atomic E-state index is 0.0748. The van der Waals surface area contributed by atoms with Crippen LogP contribution in [0.4, 0.5) is 5.69 Å². The maximum absolute atomic E-state index is 13.9. The van der Waals surface area contributed by atoms with Gasteiger partial charge in [0.2, 0.25) is 0 Å². The molecule has 7 rings (SSSR count). The first-order chi connectivity index (χ1) is 18.4. The minimum Gasteiger partial charge on any atom is -0.373 e. The zero-order valence-electron chi connectivity index (χ0n) is 21.6. The highest BCUT2D eigenvalue weighted by Crippen LogP contribution is 2.52. The number of anilines is 1. The van der Waals surface area contributed by atoms with Crippen molar-refractivity contribution in [3.05, 3.63) is 118 Å². The Balaban J connectivity index is 1.44. The molecule has 0 radical (unpaired) electrons. The first-order valence-electron chi connectivity index (χ1n) is 13.3. The average molecular weight is 517 g/mol. The van der Waals surface area contributed by atoms with E-state index in [2.05, 4.69) is 103 Å². The molecule has 2 heterocycles. The number of halogens is 1. The topological polar surface area (TPSA) is 34.0 Å². The number of ketones is 1. The summed E-state index contributed by atoms with van der Waals surface area (Å²) in [6.45, 7) is 5.17. The van der Waals surface area contributed by atoms with E-state index in [0.29, 0.717) is 6.42 Å². The fraction of sp³-hybridized carbons (Fsp3) is 0.206. The molecule has 0 saturated carbocycles. The highest BCUT2D eigenvalue weighted by Gasteiger charge is 2.41. The lowest BCUT2D eigenvalue weighted by atomic mass is 9.68. The third-order valence-electron chi connectivity index (χ3n) is 8.14. The summed E-state index contributed by atoms with van der Waals surface area (Å²) in [5.41, 5.74) is 7.86. The molecule has 38 heavy (non-hydrogen) atoms. The van der Waals surface area contributed by atoms with Gasteiger partial charge < -0.3 is 9.88 Å². The minimum atomic E-state index is -0.196. The van der Waals surface area contributed by atoms with Crippen molar-refractivity contribution in [2.45, 2.75) is 39.3 Å². The highest BCUT2D eigenvalue weighted by molar-refractivity contribution is 6.30. The predicted molar refractivity (Wildman–Crippen MR) is 158 cm³/mol. The number of rotatable bonds is 3. The molecule has 1 atom stereocenters. The van der Waals surface area contributed by atoms with Crippen molar-refractivity contribution in [3.8, 4) is 0 Å². The van der Waals surface area contributed by atoms with Crippen LogP contribution in [0, 0.1) is 5.41 Å². The molecule has 0 amide bonds. The van der Waals surface area contributed by atoms with E-state index >= 15 is 0 Å². The fourth-order valence-corrected chi connectivity index (χ4v) is 6.62. The van der Waals surface area contributed by atoms with Gasteiger partial charge in [0.15, 0.2) is 5.78 Å². The molecule has 1 aliphatic heterocycles. The number of nitrogens with one attached hydrogen (secondary N) is 1. The van der Waals surface area contributed by atoms with E-state index in [4.69, 9.17) is 11.6 Å². The number of allylic oxidation sites excluding steroid dienone is 1. The Bertz CT molecular complexity index is 1770. The van der Waals surface area contributed by atoms with Crippen LogP contribution in [0.5, 0.6) is 0 Å². The van der Waals surface area contributed by atoms with Crippen molar-refractivity contribution in [2.24, 2.45) is 5.41 Å². The highest BCUT2D eigenvalue weighted by atomic mass is 35.5. The number of hydrogen-bond acceptors (Lipinski definition) is 2. The first-order valence-corrected chi connectivity index (χ1v) is 13.6. The Morgan fingerprint density at radius 3 is 2.45 bits per heavy atom. The van der Waals surface area contributed by atoms with Gasteiger partial charge in [0.05, 0.1) is 6.04 Å². The molecule has 2 aliphatic rings. The Hall–Kier alpha value is -3.82. The van der Waals surface area contributed by atoms with E-state index in [-0.39, 0.29) is 17.2 Å². The van der Waals surface area contributed by atoms with Crippen molar-refractivity contribution in [3.63, 3.8) is 0 Å². The van der Waals surface area contributed by atoms with Crippen molar-refractivity contribution in [2.75, 3.05) is 5.32 Å². The molecule has 1 aromatic heterocycles. The molecule has 1 N–H and O–H groups in total. The summed E-state index contributed by atoms with van der Waals surface area (Å²) in [5.74, 6) is 0.252. The largest absolute Gasteiger partial charge is 0.373 e. The van der Waals surface area contributed by atoms with Crippen LogP contribution in [0.2, 0.25) is 5.02 Å². The number of nitrogens with zero attached hydrogens (tertiary/aromatic N) is 1. The lowest BCUT2D eigenvalue weighted by Crippen LogP contribution is -2.33. The van der Waals surface area contributed by atoms with Gasteiger partial charge >= 0.3 is 0 Å². The smallest absolute Gasteiger partial charge is 0.162 e. The Morgan fingerprint density at radius 1 is 0.895 bits per heavy atom. The lowest BCUT2D eigenvalue weighted by Gasteiger charge is -2.40. The maximum Gasteiger partial charge on any atom is 0.162 e. The number of para-hydroxylation sites is 1. The maximum atomic E-state index is 13.9. The molecule has 0 unspecified atom stereocenters. The standard InChI is InChI=1S/C34H29ClN2O/c1-34(2)17-26-31-24-8-4-3-7-22(24)13-16-28(31)36-33(32(26)30(38)18-34)27-20-37(29-10-6-5-9-25(27)29)19-21-11-14-23(35)15-12-21/h3-16,20,33,36H,17-19H2,1-2H3/t33-/m1/s1. The van der Waals surface area contributed by atoms with E-state index in [1.165, 1.54) is 32.9 Å². The lowest BCUT2D eigenvalue weighted by molar-refractivity contribution is -0.118. The summed E-state index contributed by atoms with van der Waals surface area (Å²) < 4.78 is 2.29. The quantitative estimate of drug-likeness (QED) is 0.260. The summed E-state index contributed by atoms with van der Waals surface area (Å²) in [6.07, 6.45) is 3.69. The van der Waals surface area contributed by atoms with Gasteiger partial charge in [-0.1, -0.05) is 86.1 Å².